The fourth-order valence-corrected chi connectivity index (χ4v) is 2.01. The van der Waals surface area contributed by atoms with Crippen LogP contribution in [0.5, 0.6) is 0 Å². The molecule has 0 aliphatic carbocycles. The normalized spacial score (nSPS) is 20.1. The molecule has 0 spiro atoms. The molecule has 19 heavy (non-hydrogen) atoms. The first-order valence-corrected chi connectivity index (χ1v) is 5.81. The summed E-state index contributed by atoms with van der Waals surface area (Å²) in [6.45, 7) is 0.522. The molecule has 1 aromatic rings. The van der Waals surface area contributed by atoms with Gasteiger partial charge in [0.25, 0.3) is 0 Å². The molecular weight excluding hydrogens is 261 g/mol. The van der Waals surface area contributed by atoms with Gasteiger partial charge in [-0.15, -0.1) is 0 Å². The molecule has 0 bridgehead atoms. The predicted octanol–water partition coefficient (Wildman–Crippen LogP) is 1.44. The van der Waals surface area contributed by atoms with Gasteiger partial charge in [-0.05, 0) is 12.1 Å². The topological polar surface area (TPSA) is 53.4 Å². The number of likely N-dealkylation sites (tertiary alicyclic amines) is 1. The van der Waals surface area contributed by atoms with Gasteiger partial charge in [-0.3, -0.25) is 9.78 Å². The highest BCUT2D eigenvalue weighted by Crippen LogP contribution is 2.28. The van der Waals surface area contributed by atoms with E-state index in [4.69, 9.17) is 5.11 Å². The second-order valence-corrected chi connectivity index (χ2v) is 4.56. The van der Waals surface area contributed by atoms with Crippen LogP contribution < -0.4 is 0 Å². The van der Waals surface area contributed by atoms with E-state index in [0.29, 0.717) is 12.2 Å². The van der Waals surface area contributed by atoms with E-state index in [9.17, 15) is 18.0 Å². The minimum absolute atomic E-state index is 0.0668. The third kappa shape index (κ3) is 3.23. The lowest BCUT2D eigenvalue weighted by Crippen LogP contribution is -2.25. The Morgan fingerprint density at radius 3 is 2.63 bits per heavy atom. The molecule has 4 nitrogen and oxygen atoms in total. The number of alkyl halides is 3. The van der Waals surface area contributed by atoms with E-state index in [1.807, 2.05) is 0 Å². The van der Waals surface area contributed by atoms with Gasteiger partial charge in [0.05, 0.1) is 17.8 Å². The summed E-state index contributed by atoms with van der Waals surface area (Å²) in [6, 6.07) is 2.22. The van der Waals surface area contributed by atoms with E-state index in [0.717, 1.165) is 12.3 Å². The Bertz CT molecular complexity index is 459. The number of aliphatic hydroxyl groups is 1. The largest absolute Gasteiger partial charge is 0.417 e. The third-order valence-corrected chi connectivity index (χ3v) is 3.06. The Balaban J connectivity index is 2.02. The number of hydrogen-bond acceptors (Lipinski definition) is 3. The van der Waals surface area contributed by atoms with Gasteiger partial charge in [0.2, 0.25) is 5.91 Å². The van der Waals surface area contributed by atoms with Gasteiger partial charge >= 0.3 is 6.18 Å². The zero-order valence-electron chi connectivity index (χ0n) is 10.0. The fraction of sp³-hybridized carbons (Fsp3) is 0.500. The highest BCUT2D eigenvalue weighted by Gasteiger charge is 2.31. The number of carbonyl (C=O) groups excluding carboxylic acids is 1. The quantitative estimate of drug-likeness (QED) is 0.907. The molecule has 0 saturated carbocycles. The monoisotopic (exact) mass is 274 g/mol. The van der Waals surface area contributed by atoms with Crippen LogP contribution in [0.1, 0.15) is 17.7 Å². The molecule has 1 aliphatic heterocycles. The first-order chi connectivity index (χ1) is 8.90. The molecule has 104 valence electrons. The predicted molar refractivity (Wildman–Crippen MR) is 59.8 cm³/mol. The van der Waals surface area contributed by atoms with E-state index >= 15 is 0 Å². The summed E-state index contributed by atoms with van der Waals surface area (Å²) in [6.07, 6.45) is -3.37. The average molecular weight is 274 g/mol. The maximum atomic E-state index is 12.4. The molecule has 1 fully saturated rings. The zero-order chi connectivity index (χ0) is 14.0. The SMILES string of the molecule is O=C1CC(CO)CN1Cc1ccc(C(F)(F)F)cn1. The Hall–Kier alpha value is -1.63. The fourth-order valence-electron chi connectivity index (χ4n) is 2.01. The molecule has 1 amide bonds. The first-order valence-electron chi connectivity index (χ1n) is 5.81. The Kier molecular flexibility index (Phi) is 3.75. The molecule has 2 rings (SSSR count). The van der Waals surface area contributed by atoms with Crippen LogP contribution >= 0.6 is 0 Å². The van der Waals surface area contributed by atoms with Gasteiger partial charge < -0.3 is 10.0 Å². The molecule has 0 aromatic carbocycles. The second-order valence-electron chi connectivity index (χ2n) is 4.56. The minimum Gasteiger partial charge on any atom is -0.396 e. The standard InChI is InChI=1S/C12H13F3N2O2/c13-12(14,15)9-1-2-10(16-4-9)6-17-5-8(7-18)3-11(17)19/h1-2,4,8,18H,3,5-7H2. The van der Waals surface area contributed by atoms with Gasteiger partial charge in [-0.2, -0.15) is 13.2 Å². The summed E-state index contributed by atoms with van der Waals surface area (Å²) in [5, 5.41) is 8.97. The highest BCUT2D eigenvalue weighted by molar-refractivity contribution is 5.78. The maximum absolute atomic E-state index is 12.4. The molecule has 1 saturated heterocycles. The number of rotatable bonds is 3. The van der Waals surface area contributed by atoms with Gasteiger partial charge in [-0.1, -0.05) is 0 Å². The van der Waals surface area contributed by atoms with Crippen molar-refractivity contribution < 1.29 is 23.1 Å². The van der Waals surface area contributed by atoms with E-state index < -0.39 is 11.7 Å². The van der Waals surface area contributed by atoms with E-state index in [1.54, 1.807) is 0 Å². The van der Waals surface area contributed by atoms with Crippen LogP contribution in [0.15, 0.2) is 18.3 Å². The van der Waals surface area contributed by atoms with Crippen molar-refractivity contribution >= 4 is 5.91 Å². The molecule has 7 heteroatoms. The molecular formula is C12H13F3N2O2. The molecule has 1 unspecified atom stereocenters. The summed E-state index contributed by atoms with van der Waals surface area (Å²) in [5.41, 5.74) is -0.405. The van der Waals surface area contributed by atoms with Crippen LogP contribution in [0.2, 0.25) is 0 Å². The van der Waals surface area contributed by atoms with Crippen molar-refractivity contribution in [2.24, 2.45) is 5.92 Å². The third-order valence-electron chi connectivity index (χ3n) is 3.06. The Labute approximate surface area is 107 Å². The molecule has 1 atom stereocenters. The molecule has 0 radical (unpaired) electrons. The Morgan fingerprint density at radius 1 is 1.42 bits per heavy atom. The zero-order valence-corrected chi connectivity index (χ0v) is 10.0. The van der Waals surface area contributed by atoms with Crippen molar-refractivity contribution in [3.8, 4) is 0 Å². The van der Waals surface area contributed by atoms with Crippen molar-refractivity contribution in [1.82, 2.24) is 9.88 Å². The number of carbonyl (C=O) groups is 1. The number of hydrogen-bond donors (Lipinski definition) is 1. The van der Waals surface area contributed by atoms with Crippen LogP contribution in [0.3, 0.4) is 0 Å². The van der Waals surface area contributed by atoms with Gasteiger partial charge in [0, 0.05) is 31.7 Å². The summed E-state index contributed by atoms with van der Waals surface area (Å²) in [4.78, 5) is 16.8. The first kappa shape index (κ1) is 13.8. The van der Waals surface area contributed by atoms with Crippen molar-refractivity contribution in [3.05, 3.63) is 29.6 Å². The van der Waals surface area contributed by atoms with Crippen molar-refractivity contribution in [2.45, 2.75) is 19.1 Å². The number of halogens is 3. The van der Waals surface area contributed by atoms with Crippen molar-refractivity contribution in [1.29, 1.82) is 0 Å². The van der Waals surface area contributed by atoms with E-state index in [1.165, 1.54) is 11.0 Å². The van der Waals surface area contributed by atoms with Crippen molar-refractivity contribution in [3.63, 3.8) is 0 Å². The summed E-state index contributed by atoms with van der Waals surface area (Å²) in [7, 11) is 0. The summed E-state index contributed by atoms with van der Waals surface area (Å²) >= 11 is 0. The van der Waals surface area contributed by atoms with Gasteiger partial charge in [-0.25, -0.2) is 0 Å². The molecule has 1 N–H and O–H groups in total. The maximum Gasteiger partial charge on any atom is 0.417 e. The minimum atomic E-state index is -4.41. The van der Waals surface area contributed by atoms with Crippen LogP contribution in [0.25, 0.3) is 0 Å². The van der Waals surface area contributed by atoms with Crippen LogP contribution in [-0.4, -0.2) is 34.0 Å². The number of aliphatic hydroxyl groups excluding tert-OH is 1. The lowest BCUT2D eigenvalue weighted by molar-refractivity contribution is -0.138. The van der Waals surface area contributed by atoms with Crippen LogP contribution in [-0.2, 0) is 17.5 Å². The summed E-state index contributed by atoms with van der Waals surface area (Å²) in [5.74, 6) is -0.206. The molecule has 1 aliphatic rings. The smallest absolute Gasteiger partial charge is 0.396 e. The van der Waals surface area contributed by atoms with E-state index in [2.05, 4.69) is 4.98 Å². The van der Waals surface area contributed by atoms with Crippen LogP contribution in [0.4, 0.5) is 13.2 Å². The van der Waals surface area contributed by atoms with Crippen molar-refractivity contribution in [2.75, 3.05) is 13.2 Å². The second kappa shape index (κ2) is 5.16. The van der Waals surface area contributed by atoms with Crippen LogP contribution in [0, 0.1) is 5.92 Å². The number of aromatic nitrogens is 1. The average Bonchev–Trinajstić information content (AvgIpc) is 2.70. The van der Waals surface area contributed by atoms with Gasteiger partial charge in [0.1, 0.15) is 0 Å². The summed E-state index contributed by atoms with van der Waals surface area (Å²) < 4.78 is 37.1. The van der Waals surface area contributed by atoms with Gasteiger partial charge in [0.15, 0.2) is 0 Å². The molecule has 2 heterocycles. The van der Waals surface area contributed by atoms with E-state index in [-0.39, 0.29) is 31.4 Å². The lowest BCUT2D eigenvalue weighted by atomic mass is 10.1. The Morgan fingerprint density at radius 2 is 2.16 bits per heavy atom. The highest BCUT2D eigenvalue weighted by atomic mass is 19.4. The number of amides is 1. The number of pyridine rings is 1. The lowest BCUT2D eigenvalue weighted by Gasteiger charge is -2.16. The number of nitrogens with zero attached hydrogens (tertiary/aromatic N) is 2. The molecule has 1 aromatic heterocycles.